The highest BCUT2D eigenvalue weighted by molar-refractivity contribution is 5.87. The predicted molar refractivity (Wildman–Crippen MR) is 83.3 cm³/mol. The maximum Gasteiger partial charge on any atom is 0.315 e. The first-order valence-corrected chi connectivity index (χ1v) is 8.01. The zero-order chi connectivity index (χ0) is 16.2. The van der Waals surface area contributed by atoms with Crippen molar-refractivity contribution < 1.29 is 14.3 Å². The molecule has 2 aliphatic heterocycles. The summed E-state index contributed by atoms with van der Waals surface area (Å²) in [6.45, 7) is 2.24. The van der Waals surface area contributed by atoms with Crippen LogP contribution < -0.4 is 5.73 Å². The lowest BCUT2D eigenvalue weighted by Gasteiger charge is -2.26. The Hall–Kier alpha value is -2.15. The number of carbonyl (C=O) groups excluding carboxylic acids is 2. The normalized spacial score (nSPS) is 24.2. The molecule has 2 aliphatic rings. The van der Waals surface area contributed by atoms with Crippen LogP contribution >= 0.6 is 0 Å². The topological polar surface area (TPSA) is 88.8 Å². The van der Waals surface area contributed by atoms with Crippen molar-refractivity contribution in [2.75, 3.05) is 19.6 Å². The van der Waals surface area contributed by atoms with Gasteiger partial charge >= 0.3 is 6.03 Å². The quantitative estimate of drug-likeness (QED) is 0.887. The molecular formula is C16H22N4O3. The summed E-state index contributed by atoms with van der Waals surface area (Å²) in [7, 11) is 0. The molecule has 7 nitrogen and oxygen atoms in total. The van der Waals surface area contributed by atoms with Crippen LogP contribution in [0.25, 0.3) is 0 Å². The van der Waals surface area contributed by atoms with Gasteiger partial charge in [0.25, 0.3) is 0 Å². The van der Waals surface area contributed by atoms with Crippen molar-refractivity contribution in [2.24, 2.45) is 5.73 Å². The molecule has 2 fully saturated rings. The fraction of sp³-hybridized carbons (Fsp3) is 0.562. The number of nitrogens with two attached hydrogens (primary N) is 1. The molecule has 0 radical (unpaired) electrons. The monoisotopic (exact) mass is 318 g/mol. The third-order valence-electron chi connectivity index (χ3n) is 4.47. The average molecular weight is 318 g/mol. The number of amides is 3. The van der Waals surface area contributed by atoms with Gasteiger partial charge in [-0.05, 0) is 31.4 Å². The van der Waals surface area contributed by atoms with E-state index in [9.17, 15) is 9.59 Å². The number of pyridine rings is 1. The van der Waals surface area contributed by atoms with Crippen LogP contribution in [0.3, 0.4) is 0 Å². The van der Waals surface area contributed by atoms with E-state index < -0.39 is 12.1 Å². The van der Waals surface area contributed by atoms with Gasteiger partial charge in [-0.2, -0.15) is 0 Å². The molecule has 0 aliphatic carbocycles. The molecule has 0 saturated carbocycles. The zero-order valence-electron chi connectivity index (χ0n) is 13.1. The first-order valence-electron chi connectivity index (χ1n) is 8.01. The molecule has 1 aromatic heterocycles. The Bertz CT molecular complexity index is 566. The highest BCUT2D eigenvalue weighted by Gasteiger charge is 2.38. The number of hydrogen-bond donors (Lipinski definition) is 1. The Morgan fingerprint density at radius 2 is 2.17 bits per heavy atom. The molecule has 7 heteroatoms. The number of rotatable bonds is 4. The summed E-state index contributed by atoms with van der Waals surface area (Å²) in [5.74, 6) is -0.00904. The summed E-state index contributed by atoms with van der Waals surface area (Å²) in [6.07, 6.45) is 4.08. The maximum absolute atomic E-state index is 12.6. The van der Waals surface area contributed by atoms with Gasteiger partial charge in [-0.15, -0.1) is 0 Å². The van der Waals surface area contributed by atoms with Crippen molar-refractivity contribution in [3.05, 3.63) is 30.1 Å². The second-order valence-corrected chi connectivity index (χ2v) is 6.02. The summed E-state index contributed by atoms with van der Waals surface area (Å²) in [6, 6.07) is 4.80. The third-order valence-corrected chi connectivity index (χ3v) is 4.47. The van der Waals surface area contributed by atoms with E-state index in [2.05, 4.69) is 4.98 Å². The fourth-order valence-corrected chi connectivity index (χ4v) is 3.25. The van der Waals surface area contributed by atoms with Gasteiger partial charge in [0.05, 0.1) is 18.4 Å². The van der Waals surface area contributed by atoms with E-state index >= 15 is 0 Å². The van der Waals surface area contributed by atoms with Gasteiger partial charge in [0.2, 0.25) is 5.91 Å². The molecule has 1 unspecified atom stereocenters. The Morgan fingerprint density at radius 1 is 1.30 bits per heavy atom. The smallest absolute Gasteiger partial charge is 0.315 e. The van der Waals surface area contributed by atoms with E-state index in [1.54, 1.807) is 11.1 Å². The second kappa shape index (κ2) is 6.95. The summed E-state index contributed by atoms with van der Waals surface area (Å²) >= 11 is 0. The molecule has 124 valence electrons. The summed E-state index contributed by atoms with van der Waals surface area (Å²) in [5, 5.41) is 0. The van der Waals surface area contributed by atoms with Crippen molar-refractivity contribution in [3.63, 3.8) is 0 Å². The minimum Gasteiger partial charge on any atom is -0.370 e. The third kappa shape index (κ3) is 3.61. The first-order chi connectivity index (χ1) is 11.1. The average Bonchev–Trinajstić information content (AvgIpc) is 3.22. The van der Waals surface area contributed by atoms with Gasteiger partial charge in [0.15, 0.2) is 0 Å². The van der Waals surface area contributed by atoms with E-state index in [-0.39, 0.29) is 12.0 Å². The van der Waals surface area contributed by atoms with Crippen LogP contribution in [0, 0.1) is 0 Å². The minimum atomic E-state index is -0.511. The molecule has 2 saturated heterocycles. The van der Waals surface area contributed by atoms with Crippen LogP contribution in [0.4, 0.5) is 4.79 Å². The minimum absolute atomic E-state index is 0.00904. The lowest BCUT2D eigenvalue weighted by Crippen LogP contribution is -2.49. The molecule has 3 amide bonds. The van der Waals surface area contributed by atoms with Crippen LogP contribution in [-0.4, -0.2) is 58.5 Å². The number of likely N-dealkylation sites (tertiary alicyclic amines) is 2. The van der Waals surface area contributed by atoms with Gasteiger partial charge in [-0.3, -0.25) is 9.78 Å². The van der Waals surface area contributed by atoms with Gasteiger partial charge in [-0.25, -0.2) is 4.79 Å². The highest BCUT2D eigenvalue weighted by atomic mass is 16.5. The van der Waals surface area contributed by atoms with E-state index in [1.807, 2.05) is 18.2 Å². The Labute approximate surface area is 135 Å². The van der Waals surface area contributed by atoms with Gasteiger partial charge < -0.3 is 20.3 Å². The summed E-state index contributed by atoms with van der Waals surface area (Å²) in [4.78, 5) is 31.5. The Morgan fingerprint density at radius 3 is 2.91 bits per heavy atom. The van der Waals surface area contributed by atoms with Crippen LogP contribution in [0.2, 0.25) is 0 Å². The van der Waals surface area contributed by atoms with Crippen molar-refractivity contribution in [1.82, 2.24) is 14.8 Å². The number of primary amides is 1. The van der Waals surface area contributed by atoms with E-state index in [0.29, 0.717) is 32.7 Å². The molecule has 0 aromatic carbocycles. The van der Waals surface area contributed by atoms with Crippen LogP contribution in [0.1, 0.15) is 25.0 Å². The SMILES string of the molecule is NC(=O)N1CCC[C@H]1C(=O)N1CCC(OCc2ccccn2)C1. The van der Waals surface area contributed by atoms with Crippen molar-refractivity contribution >= 4 is 11.9 Å². The van der Waals surface area contributed by atoms with E-state index in [0.717, 1.165) is 18.5 Å². The van der Waals surface area contributed by atoms with Gasteiger partial charge in [0.1, 0.15) is 6.04 Å². The number of aromatic nitrogens is 1. The maximum atomic E-state index is 12.6. The van der Waals surface area contributed by atoms with Crippen LogP contribution in [0.15, 0.2) is 24.4 Å². The van der Waals surface area contributed by atoms with Gasteiger partial charge in [0, 0.05) is 25.8 Å². The van der Waals surface area contributed by atoms with E-state index in [1.165, 1.54) is 4.90 Å². The molecule has 23 heavy (non-hydrogen) atoms. The number of urea groups is 1. The van der Waals surface area contributed by atoms with Crippen molar-refractivity contribution in [2.45, 2.75) is 38.0 Å². The number of hydrogen-bond acceptors (Lipinski definition) is 4. The van der Waals surface area contributed by atoms with Crippen molar-refractivity contribution in [3.8, 4) is 0 Å². The van der Waals surface area contributed by atoms with Crippen LogP contribution in [-0.2, 0) is 16.1 Å². The molecular weight excluding hydrogens is 296 g/mol. The molecule has 2 N–H and O–H groups in total. The molecule has 1 aromatic rings. The largest absolute Gasteiger partial charge is 0.370 e. The first kappa shape index (κ1) is 15.7. The number of ether oxygens (including phenoxy) is 1. The summed E-state index contributed by atoms with van der Waals surface area (Å²) in [5.41, 5.74) is 6.23. The fourth-order valence-electron chi connectivity index (χ4n) is 3.25. The molecule has 0 spiro atoms. The molecule has 0 bridgehead atoms. The molecule has 3 heterocycles. The zero-order valence-corrected chi connectivity index (χ0v) is 13.1. The second-order valence-electron chi connectivity index (χ2n) is 6.02. The van der Waals surface area contributed by atoms with Crippen LogP contribution in [0.5, 0.6) is 0 Å². The molecule has 2 atom stereocenters. The highest BCUT2D eigenvalue weighted by Crippen LogP contribution is 2.22. The number of nitrogens with zero attached hydrogens (tertiary/aromatic N) is 3. The Kier molecular flexibility index (Phi) is 4.76. The van der Waals surface area contributed by atoms with E-state index in [4.69, 9.17) is 10.5 Å². The lowest BCUT2D eigenvalue weighted by atomic mass is 10.2. The summed E-state index contributed by atoms with van der Waals surface area (Å²) < 4.78 is 5.84. The van der Waals surface area contributed by atoms with Gasteiger partial charge in [-0.1, -0.05) is 6.07 Å². The predicted octanol–water partition coefficient (Wildman–Crippen LogP) is 0.742. The lowest BCUT2D eigenvalue weighted by molar-refractivity contribution is -0.134. The molecule has 3 rings (SSSR count). The number of carbonyl (C=O) groups is 2. The van der Waals surface area contributed by atoms with Crippen molar-refractivity contribution in [1.29, 1.82) is 0 Å². The Balaban J connectivity index is 1.51. The standard InChI is InChI=1S/C16H22N4O3/c17-16(22)20-8-3-5-14(20)15(21)19-9-6-13(10-19)23-11-12-4-1-2-7-18-12/h1-2,4,7,13-14H,3,5-6,8-11H2,(H2,17,22)/t13?,14-/m0/s1.